The summed E-state index contributed by atoms with van der Waals surface area (Å²) in [6.07, 6.45) is 7.51. The lowest BCUT2D eigenvalue weighted by Gasteiger charge is -2.15. The molecule has 1 N–H and O–H groups in total. The number of anilines is 2. The standard InChI is InChI=1S/C31H34N2O/c1-2-3-4-5-6-15-22-34-31-21-14-13-20-28(31)30-24-27(32-26-18-11-8-12-19-26)23-29(33-30)25-16-9-7-10-17-25/h7-14,16-21,23-24H,2-6,15,22H2,1H3,(H,32,33). The SMILES string of the molecule is CCCCCCCCOc1ccccc1-c1cc(Nc2ccccc2)cc(-c2ccccc2)n1. The summed E-state index contributed by atoms with van der Waals surface area (Å²) in [4.78, 5) is 5.03. The third-order valence-corrected chi connectivity index (χ3v) is 5.88. The Hall–Kier alpha value is -3.59. The Bertz CT molecular complexity index is 1140. The van der Waals surface area contributed by atoms with Crippen LogP contribution in [-0.4, -0.2) is 11.6 Å². The third kappa shape index (κ3) is 6.71. The van der Waals surface area contributed by atoms with Crippen LogP contribution in [0.4, 0.5) is 11.4 Å². The largest absolute Gasteiger partial charge is 0.493 e. The van der Waals surface area contributed by atoms with Gasteiger partial charge in [-0.15, -0.1) is 0 Å². The van der Waals surface area contributed by atoms with Gasteiger partial charge in [-0.25, -0.2) is 4.98 Å². The van der Waals surface area contributed by atoms with E-state index in [4.69, 9.17) is 9.72 Å². The fourth-order valence-electron chi connectivity index (χ4n) is 4.05. The molecule has 0 saturated carbocycles. The number of ether oxygens (including phenoxy) is 1. The van der Waals surface area contributed by atoms with Crippen molar-refractivity contribution in [3.05, 3.63) is 97.1 Å². The molecule has 3 heteroatoms. The molecule has 0 radical (unpaired) electrons. The summed E-state index contributed by atoms with van der Waals surface area (Å²) in [7, 11) is 0. The number of hydrogen-bond donors (Lipinski definition) is 1. The van der Waals surface area contributed by atoms with E-state index < -0.39 is 0 Å². The van der Waals surface area contributed by atoms with Crippen molar-refractivity contribution in [2.24, 2.45) is 0 Å². The molecule has 0 bridgehead atoms. The summed E-state index contributed by atoms with van der Waals surface area (Å²) in [5.41, 5.74) is 5.99. The Morgan fingerprint density at radius 1 is 0.647 bits per heavy atom. The second-order valence-corrected chi connectivity index (χ2v) is 8.60. The lowest BCUT2D eigenvalue weighted by atomic mass is 10.1. The number of rotatable bonds is 12. The molecular formula is C31H34N2O. The fourth-order valence-corrected chi connectivity index (χ4v) is 4.05. The molecule has 0 aliphatic rings. The number of hydrogen-bond acceptors (Lipinski definition) is 3. The van der Waals surface area contributed by atoms with Gasteiger partial charge in [-0.1, -0.05) is 99.7 Å². The zero-order valence-corrected chi connectivity index (χ0v) is 20.0. The highest BCUT2D eigenvalue weighted by Crippen LogP contribution is 2.33. The maximum atomic E-state index is 6.24. The molecule has 3 aromatic carbocycles. The van der Waals surface area contributed by atoms with Gasteiger partial charge in [0.2, 0.25) is 0 Å². The van der Waals surface area contributed by atoms with Gasteiger partial charge < -0.3 is 10.1 Å². The van der Waals surface area contributed by atoms with Crippen molar-refractivity contribution < 1.29 is 4.74 Å². The summed E-state index contributed by atoms with van der Waals surface area (Å²) in [6, 6.07) is 33.0. The van der Waals surface area contributed by atoms with E-state index in [1.165, 1.54) is 32.1 Å². The van der Waals surface area contributed by atoms with Crippen molar-refractivity contribution in [2.75, 3.05) is 11.9 Å². The van der Waals surface area contributed by atoms with Gasteiger partial charge in [-0.2, -0.15) is 0 Å². The molecule has 0 saturated heterocycles. The average Bonchev–Trinajstić information content (AvgIpc) is 2.89. The Morgan fingerprint density at radius 3 is 2.09 bits per heavy atom. The minimum atomic E-state index is 0.733. The smallest absolute Gasteiger partial charge is 0.128 e. The molecule has 174 valence electrons. The molecule has 0 aliphatic carbocycles. The van der Waals surface area contributed by atoms with Gasteiger partial charge in [-0.05, 0) is 42.8 Å². The number of unbranched alkanes of at least 4 members (excludes halogenated alkanes) is 5. The predicted molar refractivity (Wildman–Crippen MR) is 144 cm³/mol. The molecular weight excluding hydrogens is 416 g/mol. The summed E-state index contributed by atoms with van der Waals surface area (Å²) in [5, 5.41) is 3.54. The number of nitrogens with one attached hydrogen (secondary N) is 1. The van der Waals surface area contributed by atoms with Crippen LogP contribution in [0, 0.1) is 0 Å². The Morgan fingerprint density at radius 2 is 1.29 bits per heavy atom. The van der Waals surface area contributed by atoms with E-state index in [1.807, 2.05) is 54.6 Å². The molecule has 3 nitrogen and oxygen atoms in total. The van der Waals surface area contributed by atoms with Gasteiger partial charge in [0.1, 0.15) is 5.75 Å². The zero-order chi connectivity index (χ0) is 23.4. The van der Waals surface area contributed by atoms with Crippen LogP contribution in [0.1, 0.15) is 45.4 Å². The number of aromatic nitrogens is 1. The van der Waals surface area contributed by atoms with Gasteiger partial charge in [0.05, 0.1) is 18.0 Å². The van der Waals surface area contributed by atoms with Gasteiger partial charge in [0, 0.05) is 22.5 Å². The normalized spacial score (nSPS) is 10.7. The predicted octanol–water partition coefficient (Wildman–Crippen LogP) is 8.90. The quantitative estimate of drug-likeness (QED) is 0.219. The monoisotopic (exact) mass is 450 g/mol. The molecule has 0 aliphatic heterocycles. The van der Waals surface area contributed by atoms with Crippen molar-refractivity contribution in [3.63, 3.8) is 0 Å². The third-order valence-electron chi connectivity index (χ3n) is 5.88. The van der Waals surface area contributed by atoms with E-state index in [-0.39, 0.29) is 0 Å². The second-order valence-electron chi connectivity index (χ2n) is 8.60. The van der Waals surface area contributed by atoms with Gasteiger partial charge in [0.15, 0.2) is 0 Å². The molecule has 0 atom stereocenters. The van der Waals surface area contributed by atoms with Crippen LogP contribution in [-0.2, 0) is 0 Å². The molecule has 0 amide bonds. The van der Waals surface area contributed by atoms with Crippen LogP contribution in [0.25, 0.3) is 22.5 Å². The Balaban J connectivity index is 1.58. The van der Waals surface area contributed by atoms with Crippen LogP contribution in [0.3, 0.4) is 0 Å². The maximum absolute atomic E-state index is 6.24. The molecule has 4 rings (SSSR count). The topological polar surface area (TPSA) is 34.1 Å². The first-order chi connectivity index (χ1) is 16.8. The summed E-state index contributed by atoms with van der Waals surface area (Å²) in [5.74, 6) is 0.888. The van der Waals surface area contributed by atoms with Crippen molar-refractivity contribution in [1.29, 1.82) is 0 Å². The van der Waals surface area contributed by atoms with E-state index in [9.17, 15) is 0 Å². The van der Waals surface area contributed by atoms with Gasteiger partial charge >= 0.3 is 0 Å². The van der Waals surface area contributed by atoms with Crippen LogP contribution in [0.2, 0.25) is 0 Å². The van der Waals surface area contributed by atoms with E-state index in [2.05, 4.69) is 54.7 Å². The molecule has 1 heterocycles. The first kappa shape index (κ1) is 23.6. The lowest BCUT2D eigenvalue weighted by molar-refractivity contribution is 0.305. The van der Waals surface area contributed by atoms with E-state index in [0.29, 0.717) is 0 Å². The minimum absolute atomic E-state index is 0.733. The van der Waals surface area contributed by atoms with E-state index in [1.54, 1.807) is 0 Å². The fraction of sp³-hybridized carbons (Fsp3) is 0.258. The summed E-state index contributed by atoms with van der Waals surface area (Å²) < 4.78 is 6.24. The molecule has 4 aromatic rings. The zero-order valence-electron chi connectivity index (χ0n) is 20.0. The van der Waals surface area contributed by atoms with Crippen molar-refractivity contribution in [3.8, 4) is 28.3 Å². The van der Waals surface area contributed by atoms with Crippen LogP contribution in [0.15, 0.2) is 97.1 Å². The average molecular weight is 451 g/mol. The minimum Gasteiger partial charge on any atom is -0.493 e. The highest BCUT2D eigenvalue weighted by atomic mass is 16.5. The van der Waals surface area contributed by atoms with Crippen LogP contribution < -0.4 is 10.1 Å². The maximum Gasteiger partial charge on any atom is 0.128 e. The van der Waals surface area contributed by atoms with E-state index >= 15 is 0 Å². The first-order valence-corrected chi connectivity index (χ1v) is 12.5. The van der Waals surface area contributed by atoms with Crippen molar-refractivity contribution in [2.45, 2.75) is 45.4 Å². The second kappa shape index (κ2) is 12.6. The number of nitrogens with zero attached hydrogens (tertiary/aromatic N) is 1. The van der Waals surface area contributed by atoms with Crippen molar-refractivity contribution >= 4 is 11.4 Å². The summed E-state index contributed by atoms with van der Waals surface area (Å²) >= 11 is 0. The number of pyridine rings is 1. The van der Waals surface area contributed by atoms with Gasteiger partial charge in [-0.3, -0.25) is 0 Å². The first-order valence-electron chi connectivity index (χ1n) is 12.5. The van der Waals surface area contributed by atoms with Crippen LogP contribution in [0.5, 0.6) is 5.75 Å². The van der Waals surface area contributed by atoms with Gasteiger partial charge in [0.25, 0.3) is 0 Å². The molecule has 1 aromatic heterocycles. The molecule has 0 fully saturated rings. The molecule has 0 spiro atoms. The Kier molecular flexibility index (Phi) is 8.73. The Labute approximate surface area is 203 Å². The summed E-state index contributed by atoms with van der Waals surface area (Å²) in [6.45, 7) is 2.98. The molecule has 34 heavy (non-hydrogen) atoms. The van der Waals surface area contributed by atoms with Crippen molar-refractivity contribution in [1.82, 2.24) is 4.98 Å². The highest BCUT2D eigenvalue weighted by molar-refractivity contribution is 5.77. The lowest BCUT2D eigenvalue weighted by Crippen LogP contribution is -2.00. The number of benzene rings is 3. The van der Waals surface area contributed by atoms with E-state index in [0.717, 1.165) is 52.7 Å². The molecule has 0 unspecified atom stereocenters. The van der Waals surface area contributed by atoms with Crippen LogP contribution >= 0.6 is 0 Å². The highest BCUT2D eigenvalue weighted by Gasteiger charge is 2.12. The number of para-hydroxylation sites is 2.